The molecule has 0 radical (unpaired) electrons. The third-order valence-corrected chi connectivity index (χ3v) is 1.92. The van der Waals surface area contributed by atoms with E-state index >= 15 is 0 Å². The van der Waals surface area contributed by atoms with Gasteiger partial charge in [-0.1, -0.05) is 6.92 Å². The fraction of sp³-hybridized carbons (Fsp3) is 0.500. The number of ketones is 2. The van der Waals surface area contributed by atoms with Crippen LogP contribution < -0.4 is 0 Å². The van der Waals surface area contributed by atoms with Crippen LogP contribution in [-0.4, -0.2) is 11.6 Å². The van der Waals surface area contributed by atoms with Crippen LogP contribution in [0.25, 0.3) is 0 Å². The first-order valence-corrected chi connectivity index (χ1v) is 4.87. The summed E-state index contributed by atoms with van der Waals surface area (Å²) in [6.07, 6.45) is 4.59. The van der Waals surface area contributed by atoms with Gasteiger partial charge < -0.3 is 0 Å². The number of hydrogen-bond acceptors (Lipinski definition) is 2. The molecule has 0 aromatic carbocycles. The van der Waals surface area contributed by atoms with Crippen molar-refractivity contribution in [3.63, 3.8) is 0 Å². The van der Waals surface area contributed by atoms with E-state index in [9.17, 15) is 9.59 Å². The van der Waals surface area contributed by atoms with Gasteiger partial charge in [-0.05, 0) is 50.5 Å². The topological polar surface area (TPSA) is 34.1 Å². The summed E-state index contributed by atoms with van der Waals surface area (Å²) in [6.45, 7) is 7.17. The first-order valence-electron chi connectivity index (χ1n) is 4.87. The highest BCUT2D eigenvalue weighted by atomic mass is 16.1. The molecule has 0 aliphatic carbocycles. The van der Waals surface area contributed by atoms with Crippen LogP contribution in [0.1, 0.15) is 40.5 Å². The van der Waals surface area contributed by atoms with Crippen molar-refractivity contribution in [3.05, 3.63) is 23.3 Å². The first-order chi connectivity index (χ1) is 6.47. The van der Waals surface area contributed by atoms with Crippen molar-refractivity contribution in [3.8, 4) is 0 Å². The molecule has 0 atom stereocenters. The molecular weight excluding hydrogens is 176 g/mol. The van der Waals surface area contributed by atoms with Crippen LogP contribution >= 0.6 is 0 Å². The minimum atomic E-state index is 0.0122. The van der Waals surface area contributed by atoms with Gasteiger partial charge in [0.25, 0.3) is 0 Å². The maximum atomic E-state index is 11.3. The van der Waals surface area contributed by atoms with Gasteiger partial charge in [-0.15, -0.1) is 0 Å². The zero-order chi connectivity index (χ0) is 11.1. The highest BCUT2D eigenvalue weighted by Gasteiger charge is 1.99. The summed E-state index contributed by atoms with van der Waals surface area (Å²) >= 11 is 0. The normalized spacial score (nSPS) is 12.9. The molecule has 0 fully saturated rings. The van der Waals surface area contributed by atoms with Crippen molar-refractivity contribution in [2.75, 3.05) is 0 Å². The van der Waals surface area contributed by atoms with Crippen molar-refractivity contribution in [1.29, 1.82) is 0 Å². The Morgan fingerprint density at radius 2 is 1.50 bits per heavy atom. The number of hydrogen-bond donors (Lipinski definition) is 0. The van der Waals surface area contributed by atoms with Crippen LogP contribution in [0.3, 0.4) is 0 Å². The number of allylic oxidation sites excluding steroid dienone is 4. The van der Waals surface area contributed by atoms with Crippen LogP contribution in [0.2, 0.25) is 0 Å². The summed E-state index contributed by atoms with van der Waals surface area (Å²) in [6, 6.07) is 0. The largest absolute Gasteiger partial charge is 0.295 e. The quantitative estimate of drug-likeness (QED) is 0.498. The minimum absolute atomic E-state index is 0.0122. The average molecular weight is 194 g/mol. The molecular formula is C12H18O2. The molecule has 0 aliphatic heterocycles. The lowest BCUT2D eigenvalue weighted by Gasteiger charge is -1.99. The van der Waals surface area contributed by atoms with Crippen molar-refractivity contribution in [1.82, 2.24) is 0 Å². The summed E-state index contributed by atoms with van der Waals surface area (Å²) in [7, 11) is 0. The lowest BCUT2D eigenvalue weighted by atomic mass is 10.1. The van der Waals surface area contributed by atoms with E-state index in [0.29, 0.717) is 6.42 Å². The summed E-state index contributed by atoms with van der Waals surface area (Å²) in [4.78, 5) is 22.0. The van der Waals surface area contributed by atoms with E-state index in [1.807, 2.05) is 20.8 Å². The molecule has 14 heavy (non-hydrogen) atoms. The molecule has 0 aliphatic rings. The van der Waals surface area contributed by atoms with Gasteiger partial charge in [0.2, 0.25) is 0 Å². The van der Waals surface area contributed by atoms with E-state index < -0.39 is 0 Å². The van der Waals surface area contributed by atoms with Crippen LogP contribution in [0.5, 0.6) is 0 Å². The molecule has 78 valence electrons. The SMILES string of the molecule is CCCC(=O)/C=C(\C)C(C)=CC(C)=O. The van der Waals surface area contributed by atoms with Crippen LogP contribution in [-0.2, 0) is 9.59 Å². The second-order valence-corrected chi connectivity index (χ2v) is 3.48. The molecule has 0 saturated heterocycles. The second-order valence-electron chi connectivity index (χ2n) is 3.48. The van der Waals surface area contributed by atoms with Gasteiger partial charge in [0.1, 0.15) is 0 Å². The van der Waals surface area contributed by atoms with E-state index in [-0.39, 0.29) is 11.6 Å². The van der Waals surface area contributed by atoms with Gasteiger partial charge in [0, 0.05) is 6.42 Å². The number of rotatable bonds is 5. The highest BCUT2D eigenvalue weighted by molar-refractivity contribution is 5.92. The zero-order valence-corrected chi connectivity index (χ0v) is 9.39. The lowest BCUT2D eigenvalue weighted by molar-refractivity contribution is -0.115. The fourth-order valence-corrected chi connectivity index (χ4v) is 1.09. The van der Waals surface area contributed by atoms with Crippen molar-refractivity contribution < 1.29 is 9.59 Å². The van der Waals surface area contributed by atoms with Crippen molar-refractivity contribution in [2.24, 2.45) is 0 Å². The second kappa shape index (κ2) is 6.30. The summed E-state index contributed by atoms with van der Waals surface area (Å²) < 4.78 is 0. The maximum Gasteiger partial charge on any atom is 0.155 e. The molecule has 0 aromatic rings. The maximum absolute atomic E-state index is 11.3. The van der Waals surface area contributed by atoms with Gasteiger partial charge >= 0.3 is 0 Å². The Bertz CT molecular complexity index is 283. The Kier molecular flexibility index (Phi) is 5.77. The Balaban J connectivity index is 4.52. The van der Waals surface area contributed by atoms with Crippen molar-refractivity contribution >= 4 is 11.6 Å². The van der Waals surface area contributed by atoms with Crippen LogP contribution in [0.4, 0.5) is 0 Å². The summed E-state index contributed by atoms with van der Waals surface area (Å²) in [5, 5.41) is 0. The number of carbonyl (C=O) groups is 2. The minimum Gasteiger partial charge on any atom is -0.295 e. The highest BCUT2D eigenvalue weighted by Crippen LogP contribution is 2.09. The van der Waals surface area contributed by atoms with Gasteiger partial charge in [-0.2, -0.15) is 0 Å². The molecule has 2 heteroatoms. The zero-order valence-electron chi connectivity index (χ0n) is 9.39. The Labute approximate surface area is 85.7 Å². The molecule has 0 unspecified atom stereocenters. The average Bonchev–Trinajstić information content (AvgIpc) is 2.02. The first kappa shape index (κ1) is 12.8. The van der Waals surface area contributed by atoms with Gasteiger partial charge in [0.05, 0.1) is 0 Å². The monoisotopic (exact) mass is 194 g/mol. The Morgan fingerprint density at radius 3 is 1.93 bits per heavy atom. The summed E-state index contributed by atoms with van der Waals surface area (Å²) in [5.41, 5.74) is 1.74. The van der Waals surface area contributed by atoms with Gasteiger partial charge in [-0.25, -0.2) is 0 Å². The third-order valence-electron chi connectivity index (χ3n) is 1.92. The van der Waals surface area contributed by atoms with Crippen molar-refractivity contribution in [2.45, 2.75) is 40.5 Å². The third kappa shape index (κ3) is 5.46. The fourth-order valence-electron chi connectivity index (χ4n) is 1.09. The van der Waals surface area contributed by atoms with E-state index in [2.05, 4.69) is 0 Å². The molecule has 0 heterocycles. The Morgan fingerprint density at radius 1 is 1.00 bits per heavy atom. The predicted octanol–water partition coefficient (Wildman–Crippen LogP) is 2.84. The molecule has 0 bridgehead atoms. The molecule has 0 rings (SSSR count). The molecule has 0 spiro atoms. The molecule has 0 N–H and O–H groups in total. The molecule has 0 saturated carbocycles. The van der Waals surface area contributed by atoms with Gasteiger partial charge in [0.15, 0.2) is 11.6 Å². The predicted molar refractivity (Wildman–Crippen MR) is 58.1 cm³/mol. The van der Waals surface area contributed by atoms with Crippen LogP contribution in [0.15, 0.2) is 23.3 Å². The molecule has 0 amide bonds. The standard InChI is InChI=1S/C12H18O2/c1-5-6-12(14)8-10(3)9(2)7-11(4)13/h7-8H,5-6H2,1-4H3/b9-7?,10-8+. The van der Waals surface area contributed by atoms with E-state index in [1.54, 1.807) is 12.2 Å². The van der Waals surface area contributed by atoms with E-state index in [1.165, 1.54) is 6.92 Å². The molecule has 0 aromatic heterocycles. The summed E-state index contributed by atoms with van der Waals surface area (Å²) in [5.74, 6) is 0.138. The number of carbonyl (C=O) groups excluding carboxylic acids is 2. The lowest BCUT2D eigenvalue weighted by Crippen LogP contribution is -1.94. The van der Waals surface area contributed by atoms with Crippen LogP contribution in [0, 0.1) is 0 Å². The smallest absolute Gasteiger partial charge is 0.155 e. The molecule has 2 nitrogen and oxygen atoms in total. The Hall–Kier alpha value is -1.18. The van der Waals surface area contributed by atoms with E-state index in [0.717, 1.165) is 17.6 Å². The van der Waals surface area contributed by atoms with Gasteiger partial charge in [-0.3, -0.25) is 9.59 Å². The van der Waals surface area contributed by atoms with E-state index in [4.69, 9.17) is 0 Å².